The molecule has 29 heavy (non-hydrogen) atoms. The third-order valence-corrected chi connectivity index (χ3v) is 4.89. The van der Waals surface area contributed by atoms with E-state index in [4.69, 9.17) is 5.11 Å². The number of hydrogen-bond acceptors (Lipinski definition) is 3. The number of carbonyl (C=O) groups excluding carboxylic acids is 1. The fourth-order valence-electron chi connectivity index (χ4n) is 3.51. The quantitative estimate of drug-likeness (QED) is 0.383. The molecule has 0 fully saturated rings. The highest BCUT2D eigenvalue weighted by atomic mass is 16.4. The second kappa shape index (κ2) is 9.73. The summed E-state index contributed by atoms with van der Waals surface area (Å²) in [7, 11) is 0. The van der Waals surface area contributed by atoms with Gasteiger partial charge in [-0.15, -0.1) is 0 Å². The Morgan fingerprint density at radius 1 is 0.828 bits per heavy atom. The number of aryl methyl sites for hydroxylation is 1. The van der Waals surface area contributed by atoms with Crippen molar-refractivity contribution in [1.82, 2.24) is 15.2 Å². The van der Waals surface area contributed by atoms with Crippen LogP contribution in [0.25, 0.3) is 21.8 Å². The molecule has 7 nitrogen and oxygen atoms in total. The number of benzene rings is 2. The van der Waals surface area contributed by atoms with Gasteiger partial charge in [-0.25, -0.2) is 4.79 Å². The zero-order chi connectivity index (χ0) is 20.6. The summed E-state index contributed by atoms with van der Waals surface area (Å²) in [6.45, 7) is 1.26. The highest BCUT2D eigenvalue weighted by Crippen LogP contribution is 2.20. The van der Waals surface area contributed by atoms with Crippen LogP contribution in [0.5, 0.6) is 0 Å². The first-order valence-electron chi connectivity index (χ1n) is 9.81. The van der Waals surface area contributed by atoms with E-state index in [-0.39, 0.29) is 17.9 Å². The van der Waals surface area contributed by atoms with Crippen LogP contribution in [0, 0.1) is 0 Å². The van der Waals surface area contributed by atoms with Gasteiger partial charge in [0.05, 0.1) is 11.0 Å². The van der Waals surface area contributed by atoms with Crippen LogP contribution in [-0.4, -0.2) is 34.8 Å². The van der Waals surface area contributed by atoms with Crippen molar-refractivity contribution in [3.8, 4) is 0 Å². The molecule has 0 aliphatic carbocycles. The number of hydrogen-bond donors (Lipinski definition) is 3. The molecule has 7 heteroatoms. The van der Waals surface area contributed by atoms with E-state index >= 15 is 0 Å². The molecule has 0 aliphatic heterocycles. The Bertz CT molecular complexity index is 1010. The number of carboxylic acid groups (broad SMARTS) is 1. The van der Waals surface area contributed by atoms with E-state index in [1.165, 1.54) is 0 Å². The zero-order valence-electron chi connectivity index (χ0n) is 16.2. The van der Waals surface area contributed by atoms with E-state index in [0.29, 0.717) is 13.0 Å². The Balaban J connectivity index is 1.57. The number of unbranched alkanes of at least 4 members (excludes halogenated alkanes) is 2. The van der Waals surface area contributed by atoms with Gasteiger partial charge in [-0.05, 0) is 37.1 Å². The van der Waals surface area contributed by atoms with Gasteiger partial charge in [-0.3, -0.25) is 9.59 Å². The van der Waals surface area contributed by atoms with Crippen LogP contribution >= 0.6 is 0 Å². The Kier molecular flexibility index (Phi) is 6.84. The first-order valence-corrected chi connectivity index (χ1v) is 9.81. The highest BCUT2D eigenvalue weighted by Gasteiger charge is 2.10. The Morgan fingerprint density at radius 2 is 1.41 bits per heavy atom. The monoisotopic (exact) mass is 395 g/mol. The minimum atomic E-state index is -1.10. The summed E-state index contributed by atoms with van der Waals surface area (Å²) in [6, 6.07) is 15.3. The molecule has 0 aliphatic rings. The Morgan fingerprint density at radius 3 is 2.03 bits per heavy atom. The predicted molar refractivity (Wildman–Crippen MR) is 113 cm³/mol. The number of rotatable bonds is 9. The van der Waals surface area contributed by atoms with Gasteiger partial charge in [-0.2, -0.15) is 0 Å². The Labute approximate surface area is 168 Å². The molecule has 0 bridgehead atoms. The fraction of sp³-hybridized carbons (Fsp3) is 0.318. The predicted octanol–water partition coefficient (Wildman–Crippen LogP) is 3.10. The molecule has 0 spiro atoms. The molecule has 152 valence electrons. The SMILES string of the molecule is O=C(O)NCCNC(=O)CCCCCn1c2ccccc2c(=O)c2ccccc21. The highest BCUT2D eigenvalue weighted by molar-refractivity contribution is 5.93. The average molecular weight is 395 g/mol. The lowest BCUT2D eigenvalue weighted by atomic mass is 10.1. The van der Waals surface area contributed by atoms with E-state index < -0.39 is 6.09 Å². The number of carbonyl (C=O) groups is 2. The standard InChI is InChI=1S/C22H25N3O4/c26-20(23-13-14-24-22(28)29)12-2-1-7-15-25-18-10-5-3-8-16(18)21(27)17-9-4-6-11-19(17)25/h3-6,8-11,24H,1-2,7,12-15H2,(H,23,26)(H,28,29). The van der Waals surface area contributed by atoms with Crippen molar-refractivity contribution in [2.75, 3.05) is 13.1 Å². The van der Waals surface area contributed by atoms with Crippen molar-refractivity contribution in [3.05, 3.63) is 58.8 Å². The van der Waals surface area contributed by atoms with Crippen molar-refractivity contribution in [2.45, 2.75) is 32.2 Å². The molecule has 1 aromatic heterocycles. The number of amides is 2. The molecule has 0 radical (unpaired) electrons. The topological polar surface area (TPSA) is 100 Å². The third-order valence-electron chi connectivity index (χ3n) is 4.89. The number of nitrogens with zero attached hydrogens (tertiary/aromatic N) is 1. The van der Waals surface area contributed by atoms with E-state index in [1.807, 2.05) is 48.5 Å². The molecule has 0 unspecified atom stereocenters. The van der Waals surface area contributed by atoms with E-state index in [9.17, 15) is 14.4 Å². The molecule has 0 saturated carbocycles. The lowest BCUT2D eigenvalue weighted by molar-refractivity contribution is -0.121. The minimum absolute atomic E-state index is 0.0570. The maximum Gasteiger partial charge on any atom is 0.404 e. The van der Waals surface area contributed by atoms with Gasteiger partial charge in [0.15, 0.2) is 5.43 Å². The second-order valence-corrected chi connectivity index (χ2v) is 6.91. The van der Waals surface area contributed by atoms with Crippen LogP contribution in [0.3, 0.4) is 0 Å². The van der Waals surface area contributed by atoms with Gasteiger partial charge in [0, 0.05) is 36.8 Å². The van der Waals surface area contributed by atoms with Crippen LogP contribution in [-0.2, 0) is 11.3 Å². The van der Waals surface area contributed by atoms with Crippen molar-refractivity contribution in [2.24, 2.45) is 0 Å². The molecule has 0 saturated heterocycles. The summed E-state index contributed by atoms with van der Waals surface area (Å²) >= 11 is 0. The first kappa shape index (κ1) is 20.4. The molecule has 2 aromatic carbocycles. The van der Waals surface area contributed by atoms with Gasteiger partial charge in [0.2, 0.25) is 5.91 Å². The minimum Gasteiger partial charge on any atom is -0.465 e. The van der Waals surface area contributed by atoms with Crippen LogP contribution < -0.4 is 16.1 Å². The molecule has 3 aromatic rings. The second-order valence-electron chi connectivity index (χ2n) is 6.91. The summed E-state index contributed by atoms with van der Waals surface area (Å²) < 4.78 is 2.18. The maximum atomic E-state index is 12.7. The summed E-state index contributed by atoms with van der Waals surface area (Å²) in [4.78, 5) is 34.9. The van der Waals surface area contributed by atoms with Gasteiger partial charge in [0.25, 0.3) is 0 Å². The number of para-hydroxylation sites is 2. The van der Waals surface area contributed by atoms with E-state index in [1.54, 1.807) is 0 Å². The van der Waals surface area contributed by atoms with E-state index in [0.717, 1.165) is 47.6 Å². The number of fused-ring (bicyclic) bond motifs is 2. The molecule has 3 rings (SSSR count). The van der Waals surface area contributed by atoms with Crippen LogP contribution in [0.15, 0.2) is 53.3 Å². The number of nitrogens with one attached hydrogen (secondary N) is 2. The molecular formula is C22H25N3O4. The van der Waals surface area contributed by atoms with Gasteiger partial charge >= 0.3 is 6.09 Å². The van der Waals surface area contributed by atoms with Crippen molar-refractivity contribution < 1.29 is 14.7 Å². The Hall–Kier alpha value is -3.35. The maximum absolute atomic E-state index is 12.7. The third kappa shape index (κ3) is 5.13. The van der Waals surface area contributed by atoms with Gasteiger partial charge in [-0.1, -0.05) is 30.7 Å². The largest absolute Gasteiger partial charge is 0.465 e. The van der Waals surface area contributed by atoms with Crippen LogP contribution in [0.2, 0.25) is 0 Å². The zero-order valence-corrected chi connectivity index (χ0v) is 16.2. The summed E-state index contributed by atoms with van der Waals surface area (Å²) in [5, 5.41) is 14.8. The fourth-order valence-corrected chi connectivity index (χ4v) is 3.51. The van der Waals surface area contributed by atoms with Crippen molar-refractivity contribution in [3.63, 3.8) is 0 Å². The molecule has 0 atom stereocenters. The number of pyridine rings is 1. The van der Waals surface area contributed by atoms with Crippen molar-refractivity contribution in [1.29, 1.82) is 0 Å². The first-order chi connectivity index (χ1) is 14.1. The summed E-state index contributed by atoms with van der Waals surface area (Å²) in [6.07, 6.45) is 1.86. The molecule has 3 N–H and O–H groups in total. The average Bonchev–Trinajstić information content (AvgIpc) is 2.73. The van der Waals surface area contributed by atoms with Crippen LogP contribution in [0.4, 0.5) is 4.79 Å². The van der Waals surface area contributed by atoms with Crippen LogP contribution in [0.1, 0.15) is 25.7 Å². The normalized spacial score (nSPS) is 10.9. The number of aromatic nitrogens is 1. The molecule has 1 heterocycles. The van der Waals surface area contributed by atoms with Crippen molar-refractivity contribution >= 4 is 33.8 Å². The lowest BCUT2D eigenvalue weighted by Gasteiger charge is -2.15. The summed E-state index contributed by atoms with van der Waals surface area (Å²) in [5.74, 6) is -0.0727. The van der Waals surface area contributed by atoms with E-state index in [2.05, 4.69) is 15.2 Å². The summed E-state index contributed by atoms with van der Waals surface area (Å²) in [5.41, 5.74) is 1.92. The smallest absolute Gasteiger partial charge is 0.404 e. The van der Waals surface area contributed by atoms with Gasteiger partial charge < -0.3 is 20.3 Å². The molecule has 2 amide bonds. The van der Waals surface area contributed by atoms with Gasteiger partial charge in [0.1, 0.15) is 0 Å². The lowest BCUT2D eigenvalue weighted by Crippen LogP contribution is -2.33. The molecular weight excluding hydrogens is 370 g/mol.